The van der Waals surface area contributed by atoms with Gasteiger partial charge in [0.2, 0.25) is 0 Å². The number of hydrogen-bond acceptors (Lipinski definition) is 4. The second-order valence-corrected chi connectivity index (χ2v) is 7.63. The molecule has 0 spiro atoms. The summed E-state index contributed by atoms with van der Waals surface area (Å²) in [5.41, 5.74) is 1.85. The maximum absolute atomic E-state index is 12.8. The summed E-state index contributed by atoms with van der Waals surface area (Å²) in [6.07, 6.45) is 2.41. The largest absolute Gasteiger partial charge is 0.370 e. The smallest absolute Gasteiger partial charge is 0.265 e. The minimum Gasteiger partial charge on any atom is -0.370 e. The summed E-state index contributed by atoms with van der Waals surface area (Å²) in [6.45, 7) is 3.65. The quantitative estimate of drug-likeness (QED) is 0.883. The first kappa shape index (κ1) is 15.3. The van der Waals surface area contributed by atoms with Crippen molar-refractivity contribution in [2.24, 2.45) is 0 Å². The van der Waals surface area contributed by atoms with Crippen LogP contribution in [-0.4, -0.2) is 26.5 Å². The summed E-state index contributed by atoms with van der Waals surface area (Å²) in [5.74, 6) is 0.317. The summed E-state index contributed by atoms with van der Waals surface area (Å²) in [4.78, 5) is 6.41. The van der Waals surface area contributed by atoms with Crippen LogP contribution in [0.2, 0.25) is 0 Å². The third-order valence-electron chi connectivity index (χ3n) is 3.66. The van der Waals surface area contributed by atoms with Crippen molar-refractivity contribution in [2.75, 3.05) is 22.7 Å². The average molecular weight is 382 g/mol. The second-order valence-electron chi connectivity index (χ2n) is 5.06. The van der Waals surface area contributed by atoms with Crippen LogP contribution in [0.15, 0.2) is 45.9 Å². The highest BCUT2D eigenvalue weighted by atomic mass is 79.9. The van der Waals surface area contributed by atoms with Crippen molar-refractivity contribution in [2.45, 2.75) is 18.2 Å². The number of aromatic nitrogens is 1. The topological polar surface area (TPSA) is 62.3 Å². The third kappa shape index (κ3) is 2.83. The third-order valence-corrected chi connectivity index (χ3v) is 5.49. The monoisotopic (exact) mass is 381 g/mol. The summed E-state index contributed by atoms with van der Waals surface area (Å²) >= 11 is 3.41. The van der Waals surface area contributed by atoms with Gasteiger partial charge in [-0.05, 0) is 43.2 Å². The number of nitrogens with zero attached hydrogens (tertiary/aromatic N) is 2. The van der Waals surface area contributed by atoms with Gasteiger partial charge in [-0.2, -0.15) is 0 Å². The van der Waals surface area contributed by atoms with E-state index in [-0.39, 0.29) is 0 Å². The molecule has 0 atom stereocenters. The van der Waals surface area contributed by atoms with Gasteiger partial charge in [0.05, 0.1) is 5.69 Å². The van der Waals surface area contributed by atoms with Crippen molar-refractivity contribution in [1.29, 1.82) is 0 Å². The lowest BCUT2D eigenvalue weighted by molar-refractivity contribution is 0.601. The minimum atomic E-state index is -3.69. The van der Waals surface area contributed by atoms with Crippen LogP contribution in [0.3, 0.4) is 0 Å². The molecule has 0 radical (unpaired) electrons. The Kier molecular flexibility index (Phi) is 4.10. The number of rotatable bonds is 4. The first-order valence-electron chi connectivity index (χ1n) is 7.02. The van der Waals surface area contributed by atoms with E-state index in [1.54, 1.807) is 30.5 Å². The molecule has 116 valence electrons. The first-order chi connectivity index (χ1) is 10.5. The lowest BCUT2D eigenvalue weighted by Crippen LogP contribution is -2.23. The number of halogens is 1. The molecule has 0 amide bonds. The van der Waals surface area contributed by atoms with Gasteiger partial charge in [-0.1, -0.05) is 22.0 Å². The number of anilines is 2. The summed E-state index contributed by atoms with van der Waals surface area (Å²) in [6, 6.07) is 8.76. The molecule has 5 nitrogen and oxygen atoms in total. The first-order valence-corrected chi connectivity index (χ1v) is 9.30. The number of pyridine rings is 1. The Morgan fingerprint density at radius 3 is 2.86 bits per heavy atom. The van der Waals surface area contributed by atoms with E-state index >= 15 is 0 Å². The Morgan fingerprint density at radius 2 is 2.18 bits per heavy atom. The molecule has 1 aliphatic rings. The molecule has 0 saturated carbocycles. The van der Waals surface area contributed by atoms with Crippen LogP contribution in [0.4, 0.5) is 11.5 Å². The van der Waals surface area contributed by atoms with E-state index in [9.17, 15) is 8.42 Å². The highest BCUT2D eigenvalue weighted by Crippen LogP contribution is 2.37. The minimum absolute atomic E-state index is 0.293. The summed E-state index contributed by atoms with van der Waals surface area (Å²) in [7, 11) is -3.69. The predicted molar refractivity (Wildman–Crippen MR) is 90.8 cm³/mol. The molecule has 1 aromatic heterocycles. The molecule has 0 bridgehead atoms. The Labute approximate surface area is 138 Å². The Hall–Kier alpha value is -1.60. The maximum atomic E-state index is 12.8. The maximum Gasteiger partial charge on any atom is 0.265 e. The second kappa shape index (κ2) is 5.89. The van der Waals surface area contributed by atoms with Crippen LogP contribution in [-0.2, 0) is 16.4 Å². The predicted octanol–water partition coefficient (Wildman–Crippen LogP) is 3.03. The standard InChI is InChI=1S/C15H16BrN3O2S/c1-2-19-8-6-11-9-12(16)10-13(15(11)19)22(20,21)18-14-5-3-4-7-17-14/h3-5,7,9-10H,2,6,8H2,1H3,(H,17,18). The van der Waals surface area contributed by atoms with Crippen molar-refractivity contribution in [3.05, 3.63) is 46.6 Å². The van der Waals surface area contributed by atoms with E-state index in [4.69, 9.17) is 0 Å². The molecular weight excluding hydrogens is 366 g/mol. The fourth-order valence-corrected chi connectivity index (χ4v) is 4.64. The van der Waals surface area contributed by atoms with Gasteiger partial charge < -0.3 is 4.90 Å². The fraction of sp³-hybridized carbons (Fsp3) is 0.267. The van der Waals surface area contributed by atoms with Gasteiger partial charge >= 0.3 is 0 Å². The van der Waals surface area contributed by atoms with Crippen molar-refractivity contribution in [1.82, 2.24) is 4.98 Å². The van der Waals surface area contributed by atoms with Crippen LogP contribution in [0.25, 0.3) is 0 Å². The van der Waals surface area contributed by atoms with E-state index in [1.165, 1.54) is 0 Å². The highest BCUT2D eigenvalue weighted by Gasteiger charge is 2.28. The van der Waals surface area contributed by atoms with Gasteiger partial charge in [-0.25, -0.2) is 13.4 Å². The normalized spacial score (nSPS) is 14.0. The van der Waals surface area contributed by atoms with Gasteiger partial charge in [0.1, 0.15) is 10.7 Å². The van der Waals surface area contributed by atoms with Crippen molar-refractivity contribution >= 4 is 37.5 Å². The summed E-state index contributed by atoms with van der Waals surface area (Å²) < 4.78 is 28.9. The lowest BCUT2D eigenvalue weighted by Gasteiger charge is -2.20. The SMILES string of the molecule is CCN1CCc2cc(Br)cc(S(=O)(=O)Nc3ccccn3)c21. The zero-order chi connectivity index (χ0) is 15.7. The molecule has 1 aliphatic heterocycles. The molecular formula is C15H16BrN3O2S. The summed E-state index contributed by atoms with van der Waals surface area (Å²) in [5, 5.41) is 0. The van der Waals surface area contributed by atoms with Crippen molar-refractivity contribution in [3.8, 4) is 0 Å². The molecule has 0 aliphatic carbocycles. The van der Waals surface area contributed by atoms with E-state index in [0.29, 0.717) is 10.7 Å². The molecule has 1 aromatic carbocycles. The van der Waals surface area contributed by atoms with Crippen molar-refractivity contribution in [3.63, 3.8) is 0 Å². The van der Waals surface area contributed by atoms with E-state index in [1.807, 2.05) is 13.0 Å². The molecule has 0 saturated heterocycles. The van der Waals surface area contributed by atoms with Gasteiger partial charge in [0.15, 0.2) is 0 Å². The van der Waals surface area contributed by atoms with Gasteiger partial charge in [0.25, 0.3) is 10.0 Å². The van der Waals surface area contributed by atoms with Gasteiger partial charge in [-0.3, -0.25) is 4.72 Å². The lowest BCUT2D eigenvalue weighted by atomic mass is 10.2. The fourth-order valence-electron chi connectivity index (χ4n) is 2.68. The number of hydrogen-bond donors (Lipinski definition) is 1. The van der Waals surface area contributed by atoms with Crippen LogP contribution in [0.1, 0.15) is 12.5 Å². The number of fused-ring (bicyclic) bond motifs is 1. The molecule has 2 heterocycles. The van der Waals surface area contributed by atoms with E-state index in [2.05, 4.69) is 30.5 Å². The van der Waals surface area contributed by atoms with E-state index in [0.717, 1.165) is 35.2 Å². The number of benzene rings is 1. The highest BCUT2D eigenvalue weighted by molar-refractivity contribution is 9.10. The van der Waals surface area contributed by atoms with Crippen LogP contribution >= 0.6 is 15.9 Å². The van der Waals surface area contributed by atoms with Crippen molar-refractivity contribution < 1.29 is 8.42 Å². The molecule has 2 aromatic rings. The zero-order valence-corrected chi connectivity index (χ0v) is 14.5. The molecule has 0 unspecified atom stereocenters. The number of sulfonamides is 1. The Balaban J connectivity index is 2.08. The Bertz CT molecular complexity index is 794. The zero-order valence-electron chi connectivity index (χ0n) is 12.1. The molecule has 22 heavy (non-hydrogen) atoms. The molecule has 1 N–H and O–H groups in total. The average Bonchev–Trinajstić information content (AvgIpc) is 2.89. The van der Waals surface area contributed by atoms with Crippen LogP contribution < -0.4 is 9.62 Å². The number of likely N-dealkylation sites (N-methyl/N-ethyl adjacent to an activating group) is 1. The van der Waals surface area contributed by atoms with Crippen LogP contribution in [0.5, 0.6) is 0 Å². The van der Waals surface area contributed by atoms with E-state index < -0.39 is 10.0 Å². The van der Waals surface area contributed by atoms with Crippen LogP contribution in [0, 0.1) is 0 Å². The Morgan fingerprint density at radius 1 is 1.36 bits per heavy atom. The molecule has 7 heteroatoms. The van der Waals surface area contributed by atoms with Gasteiger partial charge in [0, 0.05) is 23.8 Å². The molecule has 3 rings (SSSR count). The van der Waals surface area contributed by atoms with Gasteiger partial charge in [-0.15, -0.1) is 0 Å². The molecule has 0 fully saturated rings. The number of nitrogens with one attached hydrogen (secondary N) is 1.